The molecule has 0 aromatic carbocycles. The Morgan fingerprint density at radius 2 is 2.00 bits per heavy atom. The van der Waals surface area contributed by atoms with Crippen LogP contribution >= 0.6 is 0 Å². The predicted molar refractivity (Wildman–Crippen MR) is 69.5 cm³/mol. The van der Waals surface area contributed by atoms with E-state index in [1.807, 2.05) is 13.8 Å². The van der Waals surface area contributed by atoms with Crippen LogP contribution in [-0.4, -0.2) is 46.9 Å². The first kappa shape index (κ1) is 15.5. The number of carboxylic acids is 1. The molecule has 0 aromatic heterocycles. The van der Waals surface area contributed by atoms with E-state index < -0.39 is 12.0 Å². The molecule has 1 unspecified atom stereocenters. The molecule has 1 rings (SSSR count). The summed E-state index contributed by atoms with van der Waals surface area (Å²) >= 11 is 0. The highest BCUT2D eigenvalue weighted by Gasteiger charge is 2.32. The van der Waals surface area contributed by atoms with Crippen molar-refractivity contribution in [2.75, 3.05) is 13.1 Å². The van der Waals surface area contributed by atoms with E-state index in [4.69, 9.17) is 5.11 Å². The molecule has 6 heteroatoms. The lowest BCUT2D eigenvalue weighted by Crippen LogP contribution is -2.53. The average Bonchev–Trinajstić information content (AvgIpc) is 2.37. The number of carbonyl (C=O) groups excluding carboxylic acids is 2. The maximum absolute atomic E-state index is 12.0. The number of likely N-dealkylation sites (tertiary alicyclic amines) is 1. The summed E-state index contributed by atoms with van der Waals surface area (Å²) in [6.07, 6.45) is 2.38. The van der Waals surface area contributed by atoms with Gasteiger partial charge in [-0.25, -0.2) is 0 Å². The normalized spacial score (nSPS) is 19.3. The van der Waals surface area contributed by atoms with E-state index in [0.29, 0.717) is 13.0 Å². The topological polar surface area (TPSA) is 86.7 Å². The summed E-state index contributed by atoms with van der Waals surface area (Å²) < 4.78 is 0. The Kier molecular flexibility index (Phi) is 5.79. The zero-order chi connectivity index (χ0) is 14.4. The van der Waals surface area contributed by atoms with E-state index in [1.165, 1.54) is 0 Å². The third-order valence-corrected chi connectivity index (χ3v) is 3.22. The van der Waals surface area contributed by atoms with E-state index in [9.17, 15) is 14.4 Å². The van der Waals surface area contributed by atoms with Crippen molar-refractivity contribution in [1.82, 2.24) is 10.2 Å². The van der Waals surface area contributed by atoms with Crippen molar-refractivity contribution >= 4 is 17.8 Å². The van der Waals surface area contributed by atoms with E-state index in [2.05, 4.69) is 5.32 Å². The molecule has 1 aliphatic heterocycles. The molecule has 1 atom stereocenters. The summed E-state index contributed by atoms with van der Waals surface area (Å²) in [4.78, 5) is 36.1. The Balaban J connectivity index is 2.58. The lowest BCUT2D eigenvalue weighted by molar-refractivity contribution is -0.145. The molecule has 0 radical (unpaired) electrons. The largest absolute Gasteiger partial charge is 0.481 e. The zero-order valence-corrected chi connectivity index (χ0v) is 11.5. The summed E-state index contributed by atoms with van der Waals surface area (Å²) in [5.41, 5.74) is 0. The Labute approximate surface area is 113 Å². The third kappa shape index (κ3) is 4.54. The van der Waals surface area contributed by atoms with E-state index in [1.54, 1.807) is 4.90 Å². The summed E-state index contributed by atoms with van der Waals surface area (Å²) in [5.74, 6) is -1.33. The van der Waals surface area contributed by atoms with Gasteiger partial charge in [0.25, 0.3) is 0 Å². The number of hydrogen-bond acceptors (Lipinski definition) is 3. The first-order valence-electron chi connectivity index (χ1n) is 6.73. The highest BCUT2D eigenvalue weighted by atomic mass is 16.4. The molecule has 6 nitrogen and oxygen atoms in total. The molecule has 0 aliphatic carbocycles. The Morgan fingerprint density at radius 3 is 2.58 bits per heavy atom. The van der Waals surface area contributed by atoms with Crippen molar-refractivity contribution in [2.45, 2.75) is 45.6 Å². The minimum absolute atomic E-state index is 0.0157. The smallest absolute Gasteiger partial charge is 0.305 e. The molecule has 1 aliphatic rings. The standard InChI is InChI=1S/C13H22N2O4/c1-9(2)13(19)15-8-4-3-5-10(15)12(18)14-7-6-11(16)17/h9-10H,3-8H2,1-2H3,(H,14,18)(H,16,17). The van der Waals surface area contributed by atoms with Gasteiger partial charge >= 0.3 is 5.97 Å². The zero-order valence-electron chi connectivity index (χ0n) is 11.5. The lowest BCUT2D eigenvalue weighted by Gasteiger charge is -2.35. The molecule has 1 fully saturated rings. The Bertz CT molecular complexity index is 355. The summed E-state index contributed by atoms with van der Waals surface area (Å²) in [5, 5.41) is 11.1. The molecule has 0 bridgehead atoms. The first-order chi connectivity index (χ1) is 8.93. The maximum atomic E-state index is 12.0. The van der Waals surface area contributed by atoms with Crippen LogP contribution in [0.5, 0.6) is 0 Å². The summed E-state index contributed by atoms with van der Waals surface area (Å²) in [7, 11) is 0. The van der Waals surface area contributed by atoms with Crippen molar-refractivity contribution in [3.63, 3.8) is 0 Å². The van der Waals surface area contributed by atoms with Gasteiger partial charge in [-0.1, -0.05) is 13.8 Å². The second-order valence-electron chi connectivity index (χ2n) is 5.13. The molecule has 2 N–H and O–H groups in total. The minimum Gasteiger partial charge on any atom is -0.481 e. The fourth-order valence-electron chi connectivity index (χ4n) is 2.21. The number of carboxylic acid groups (broad SMARTS) is 1. The quantitative estimate of drug-likeness (QED) is 0.766. The van der Waals surface area contributed by atoms with Crippen LogP contribution in [0.4, 0.5) is 0 Å². The molecular weight excluding hydrogens is 248 g/mol. The average molecular weight is 270 g/mol. The van der Waals surface area contributed by atoms with Crippen LogP contribution in [0.1, 0.15) is 39.5 Å². The van der Waals surface area contributed by atoms with Gasteiger partial charge in [-0.05, 0) is 19.3 Å². The first-order valence-corrected chi connectivity index (χ1v) is 6.73. The monoisotopic (exact) mass is 270 g/mol. The number of nitrogens with zero attached hydrogens (tertiary/aromatic N) is 1. The second kappa shape index (κ2) is 7.11. The van der Waals surface area contributed by atoms with Gasteiger partial charge in [-0.3, -0.25) is 14.4 Å². The molecule has 0 aromatic rings. The van der Waals surface area contributed by atoms with Gasteiger partial charge in [0.05, 0.1) is 6.42 Å². The maximum Gasteiger partial charge on any atom is 0.305 e. The lowest BCUT2D eigenvalue weighted by atomic mass is 9.99. The van der Waals surface area contributed by atoms with E-state index >= 15 is 0 Å². The van der Waals surface area contributed by atoms with E-state index in [-0.39, 0.29) is 30.7 Å². The molecule has 19 heavy (non-hydrogen) atoms. The highest BCUT2D eigenvalue weighted by molar-refractivity contribution is 5.88. The molecule has 1 heterocycles. The minimum atomic E-state index is -0.945. The van der Waals surface area contributed by atoms with Gasteiger partial charge in [0.15, 0.2) is 0 Å². The van der Waals surface area contributed by atoms with Crippen molar-refractivity contribution in [1.29, 1.82) is 0 Å². The van der Waals surface area contributed by atoms with Crippen LogP contribution in [0.15, 0.2) is 0 Å². The van der Waals surface area contributed by atoms with E-state index in [0.717, 1.165) is 12.8 Å². The number of carbonyl (C=O) groups is 3. The summed E-state index contributed by atoms with van der Waals surface area (Å²) in [6.45, 7) is 4.34. The molecule has 0 spiro atoms. The van der Waals surface area contributed by atoms with Crippen LogP contribution in [0.2, 0.25) is 0 Å². The van der Waals surface area contributed by atoms with Crippen molar-refractivity contribution in [2.24, 2.45) is 5.92 Å². The van der Waals surface area contributed by atoms with Crippen LogP contribution in [-0.2, 0) is 14.4 Å². The molecule has 2 amide bonds. The Morgan fingerprint density at radius 1 is 1.32 bits per heavy atom. The number of piperidine rings is 1. The van der Waals surface area contributed by atoms with Crippen molar-refractivity contribution in [3.8, 4) is 0 Å². The molecule has 108 valence electrons. The molecule has 1 saturated heterocycles. The second-order valence-corrected chi connectivity index (χ2v) is 5.13. The fourth-order valence-corrected chi connectivity index (χ4v) is 2.21. The number of aliphatic carboxylic acids is 1. The van der Waals surface area contributed by atoms with Crippen molar-refractivity contribution < 1.29 is 19.5 Å². The predicted octanol–water partition coefficient (Wildman–Crippen LogP) is 0.614. The number of nitrogens with one attached hydrogen (secondary N) is 1. The third-order valence-electron chi connectivity index (χ3n) is 3.22. The van der Waals surface area contributed by atoms with Gasteiger partial charge in [-0.15, -0.1) is 0 Å². The highest BCUT2D eigenvalue weighted by Crippen LogP contribution is 2.19. The van der Waals surface area contributed by atoms with Gasteiger partial charge in [-0.2, -0.15) is 0 Å². The van der Waals surface area contributed by atoms with Gasteiger partial charge < -0.3 is 15.3 Å². The molecule has 0 saturated carbocycles. The summed E-state index contributed by atoms with van der Waals surface area (Å²) in [6, 6.07) is -0.447. The fraction of sp³-hybridized carbons (Fsp3) is 0.769. The van der Waals surface area contributed by atoms with Crippen LogP contribution < -0.4 is 5.32 Å². The number of rotatable bonds is 5. The van der Waals surface area contributed by atoms with Crippen LogP contribution in [0.3, 0.4) is 0 Å². The van der Waals surface area contributed by atoms with Crippen molar-refractivity contribution in [3.05, 3.63) is 0 Å². The Hall–Kier alpha value is -1.59. The number of amides is 2. The van der Waals surface area contributed by atoms with Gasteiger partial charge in [0.1, 0.15) is 6.04 Å². The molecular formula is C13H22N2O4. The number of hydrogen-bond donors (Lipinski definition) is 2. The van der Waals surface area contributed by atoms with Crippen LogP contribution in [0.25, 0.3) is 0 Å². The van der Waals surface area contributed by atoms with Gasteiger partial charge in [0, 0.05) is 19.0 Å². The SMILES string of the molecule is CC(C)C(=O)N1CCCCC1C(=O)NCCC(=O)O. The van der Waals surface area contributed by atoms with Gasteiger partial charge in [0.2, 0.25) is 11.8 Å². The van der Waals surface area contributed by atoms with Crippen LogP contribution in [0, 0.1) is 5.92 Å².